The number of carbonyl (C=O) groups excluding carboxylic acids is 2. The van der Waals surface area contributed by atoms with Crippen LogP contribution in [0, 0.1) is 5.92 Å². The number of nitrogens with two attached hydrogens (primary N) is 1. The zero-order chi connectivity index (χ0) is 29.2. The molecular formula is C26H27F3N4O5S2. The Morgan fingerprint density at radius 2 is 1.95 bits per heavy atom. The monoisotopic (exact) mass is 596 g/mol. The van der Waals surface area contributed by atoms with Crippen molar-refractivity contribution in [2.45, 2.75) is 50.4 Å². The van der Waals surface area contributed by atoms with Gasteiger partial charge in [0.15, 0.2) is 0 Å². The molecule has 1 atom stereocenters. The highest BCUT2D eigenvalue weighted by Crippen LogP contribution is 2.39. The van der Waals surface area contributed by atoms with Crippen molar-refractivity contribution in [1.29, 1.82) is 0 Å². The highest BCUT2D eigenvalue weighted by Gasteiger charge is 2.36. The number of ether oxygens (including phenoxy) is 1. The molecule has 1 aromatic carbocycles. The first kappa shape index (κ1) is 29.5. The number of carbonyl (C=O) groups is 2. The van der Waals surface area contributed by atoms with Gasteiger partial charge in [-0.3, -0.25) is 9.59 Å². The zero-order valence-electron chi connectivity index (χ0n) is 21.7. The molecule has 0 unspecified atom stereocenters. The van der Waals surface area contributed by atoms with Crippen molar-refractivity contribution in [3.8, 4) is 17.0 Å². The van der Waals surface area contributed by atoms with Gasteiger partial charge >= 0.3 is 6.18 Å². The minimum atomic E-state index is -4.93. The number of amides is 2. The number of thiophene rings is 1. The predicted octanol–water partition coefficient (Wildman–Crippen LogP) is 4.65. The third-order valence-electron chi connectivity index (χ3n) is 6.49. The third-order valence-corrected chi connectivity index (χ3v) is 9.22. The fourth-order valence-corrected chi connectivity index (χ4v) is 7.12. The maximum atomic E-state index is 13.6. The summed E-state index contributed by atoms with van der Waals surface area (Å²) >= 11 is 1.28. The van der Waals surface area contributed by atoms with Crippen LogP contribution in [0.5, 0.6) is 5.75 Å². The molecule has 0 aliphatic heterocycles. The van der Waals surface area contributed by atoms with E-state index in [1.807, 2.05) is 0 Å². The maximum absolute atomic E-state index is 13.6. The fraction of sp³-hybridized carbons (Fsp3) is 0.385. The number of rotatable bonds is 9. The summed E-state index contributed by atoms with van der Waals surface area (Å²) in [5.74, 6) is -1.24. The van der Waals surface area contributed by atoms with Crippen LogP contribution >= 0.6 is 11.3 Å². The predicted molar refractivity (Wildman–Crippen MR) is 143 cm³/mol. The molecule has 4 rings (SSSR count). The topological polar surface area (TPSA) is 141 Å². The van der Waals surface area contributed by atoms with Crippen LogP contribution in [0.15, 0.2) is 35.5 Å². The smallest absolute Gasteiger partial charge is 0.433 e. The lowest BCUT2D eigenvalue weighted by Crippen LogP contribution is -2.20. The van der Waals surface area contributed by atoms with Crippen molar-refractivity contribution in [3.63, 3.8) is 0 Å². The van der Waals surface area contributed by atoms with Crippen LogP contribution in [-0.2, 0) is 33.6 Å². The number of fused-ring (bicyclic) bond motifs is 1. The average molecular weight is 597 g/mol. The van der Waals surface area contributed by atoms with Crippen molar-refractivity contribution in [2.24, 2.45) is 11.7 Å². The molecule has 9 nitrogen and oxygen atoms in total. The number of halogens is 3. The fourth-order valence-electron chi connectivity index (χ4n) is 4.51. The Kier molecular flexibility index (Phi) is 8.49. The van der Waals surface area contributed by atoms with Crippen LogP contribution in [0.25, 0.3) is 11.3 Å². The first-order valence-corrected chi connectivity index (χ1v) is 14.8. The van der Waals surface area contributed by atoms with Gasteiger partial charge < -0.3 is 15.8 Å². The number of anilines is 1. The largest absolute Gasteiger partial charge is 0.496 e. The molecule has 3 aromatic rings. The SMILES string of the molecule is COc1ccccc1-c1cc(C(F)(F)F)nc(S(=O)(=O)CCCC(=O)Nc2sc3c(c2C(N)=O)CC[C@@H](C)C3)n1. The van der Waals surface area contributed by atoms with Crippen molar-refractivity contribution >= 4 is 38.0 Å². The number of nitrogens with one attached hydrogen (secondary N) is 1. The summed E-state index contributed by atoms with van der Waals surface area (Å²) in [5, 5.41) is 1.97. The second-order valence-corrected chi connectivity index (χ2v) is 12.6. The highest BCUT2D eigenvalue weighted by atomic mass is 32.2. The number of methoxy groups -OCH3 is 1. The summed E-state index contributed by atoms with van der Waals surface area (Å²) in [6.07, 6.45) is -3.08. The Morgan fingerprint density at radius 1 is 1.23 bits per heavy atom. The van der Waals surface area contributed by atoms with Crippen LogP contribution < -0.4 is 15.8 Å². The van der Waals surface area contributed by atoms with Gasteiger partial charge in [0.2, 0.25) is 20.9 Å². The molecule has 0 bridgehead atoms. The van der Waals surface area contributed by atoms with E-state index < -0.39 is 44.4 Å². The molecule has 0 saturated heterocycles. The molecule has 214 valence electrons. The molecule has 14 heteroatoms. The molecule has 2 heterocycles. The standard InChI is InChI=1S/C26H27F3N4O5S2/c1-14-9-10-16-19(12-14)39-24(22(16)23(30)35)33-21(34)8-5-11-40(36,37)25-31-17(13-20(32-25)26(27,28)29)15-6-3-4-7-18(15)38-2/h3-4,6-7,13-14H,5,8-12H2,1-2H3,(H2,30,35)(H,33,34)/t14-/m1/s1. The molecule has 0 saturated carbocycles. The Morgan fingerprint density at radius 3 is 2.62 bits per heavy atom. The van der Waals surface area contributed by atoms with Gasteiger partial charge in [0, 0.05) is 16.9 Å². The number of alkyl halides is 3. The number of benzene rings is 1. The molecule has 2 amide bonds. The van der Waals surface area contributed by atoms with E-state index in [-0.39, 0.29) is 35.4 Å². The Labute approximate surface area is 232 Å². The van der Waals surface area contributed by atoms with Crippen LogP contribution in [0.3, 0.4) is 0 Å². The van der Waals surface area contributed by atoms with E-state index >= 15 is 0 Å². The summed E-state index contributed by atoms with van der Waals surface area (Å²) in [5.41, 5.74) is 5.14. The van der Waals surface area contributed by atoms with Crippen LogP contribution in [0.4, 0.5) is 18.2 Å². The number of hydrogen-bond acceptors (Lipinski definition) is 8. The van der Waals surface area contributed by atoms with E-state index in [1.165, 1.54) is 30.6 Å². The maximum Gasteiger partial charge on any atom is 0.433 e. The van der Waals surface area contributed by atoms with Gasteiger partial charge in [-0.25, -0.2) is 18.4 Å². The molecule has 1 aliphatic carbocycles. The summed E-state index contributed by atoms with van der Waals surface area (Å²) < 4.78 is 71.9. The number of nitrogens with zero attached hydrogens (tertiary/aromatic N) is 2. The van der Waals surface area contributed by atoms with Crippen LogP contribution in [-0.4, -0.2) is 43.1 Å². The Bertz CT molecular complexity index is 1550. The van der Waals surface area contributed by atoms with E-state index in [0.717, 1.165) is 23.3 Å². The second-order valence-electron chi connectivity index (χ2n) is 9.51. The van der Waals surface area contributed by atoms with Gasteiger partial charge in [0.25, 0.3) is 5.91 Å². The lowest BCUT2D eigenvalue weighted by atomic mass is 9.88. The Hall–Kier alpha value is -3.52. The third kappa shape index (κ3) is 6.44. The van der Waals surface area contributed by atoms with E-state index in [1.54, 1.807) is 12.1 Å². The van der Waals surface area contributed by atoms with Crippen LogP contribution in [0.2, 0.25) is 0 Å². The first-order valence-electron chi connectivity index (χ1n) is 12.4. The molecule has 0 spiro atoms. The minimum absolute atomic E-state index is 0.159. The van der Waals surface area contributed by atoms with Gasteiger partial charge in [-0.1, -0.05) is 19.1 Å². The van der Waals surface area contributed by atoms with Crippen molar-refractivity contribution < 1.29 is 35.9 Å². The van der Waals surface area contributed by atoms with E-state index in [9.17, 15) is 31.2 Å². The number of para-hydroxylation sites is 1. The summed E-state index contributed by atoms with van der Waals surface area (Å²) in [6.45, 7) is 2.10. The quantitative estimate of drug-likeness (QED) is 0.343. The lowest BCUT2D eigenvalue weighted by molar-refractivity contribution is -0.141. The molecular weight excluding hydrogens is 569 g/mol. The van der Waals surface area contributed by atoms with Crippen molar-refractivity contribution in [2.75, 3.05) is 18.2 Å². The molecule has 0 radical (unpaired) electrons. The summed E-state index contributed by atoms with van der Waals surface area (Å²) in [4.78, 5) is 32.9. The van der Waals surface area contributed by atoms with Gasteiger partial charge in [-0.05, 0) is 55.4 Å². The normalized spacial score (nSPS) is 15.4. The first-order chi connectivity index (χ1) is 18.8. The van der Waals surface area contributed by atoms with E-state index in [2.05, 4.69) is 22.2 Å². The number of primary amides is 1. The molecule has 0 fully saturated rings. The van der Waals surface area contributed by atoms with E-state index in [0.29, 0.717) is 23.4 Å². The number of aromatic nitrogens is 2. The number of hydrogen-bond donors (Lipinski definition) is 2. The van der Waals surface area contributed by atoms with Gasteiger partial charge in [-0.15, -0.1) is 11.3 Å². The molecule has 40 heavy (non-hydrogen) atoms. The molecule has 1 aliphatic rings. The second kappa shape index (κ2) is 11.5. The molecule has 3 N–H and O–H groups in total. The lowest BCUT2D eigenvalue weighted by Gasteiger charge is -2.18. The minimum Gasteiger partial charge on any atom is -0.496 e. The van der Waals surface area contributed by atoms with Gasteiger partial charge in [-0.2, -0.15) is 13.2 Å². The van der Waals surface area contributed by atoms with Gasteiger partial charge in [0.05, 0.1) is 24.1 Å². The Balaban J connectivity index is 1.51. The number of sulfone groups is 1. The van der Waals surface area contributed by atoms with E-state index in [4.69, 9.17) is 10.5 Å². The van der Waals surface area contributed by atoms with Crippen molar-refractivity contribution in [3.05, 3.63) is 52.0 Å². The summed E-state index contributed by atoms with van der Waals surface area (Å²) in [6, 6.07) is 6.77. The highest BCUT2D eigenvalue weighted by molar-refractivity contribution is 7.91. The zero-order valence-corrected chi connectivity index (χ0v) is 23.3. The summed E-state index contributed by atoms with van der Waals surface area (Å²) in [7, 11) is -3.08. The van der Waals surface area contributed by atoms with Crippen LogP contribution in [0.1, 0.15) is 52.7 Å². The van der Waals surface area contributed by atoms with Gasteiger partial charge in [0.1, 0.15) is 16.4 Å². The van der Waals surface area contributed by atoms with Crippen molar-refractivity contribution in [1.82, 2.24) is 9.97 Å². The molecule has 2 aromatic heterocycles. The average Bonchev–Trinajstić information content (AvgIpc) is 3.24.